The molecule has 0 aliphatic carbocycles. The van der Waals surface area contributed by atoms with Gasteiger partial charge in [-0.3, -0.25) is 4.79 Å². The van der Waals surface area contributed by atoms with E-state index in [0.717, 1.165) is 3.57 Å². The van der Waals surface area contributed by atoms with Crippen LogP contribution in [0.1, 0.15) is 20.7 Å². The minimum absolute atomic E-state index is 0.102. The summed E-state index contributed by atoms with van der Waals surface area (Å²) in [4.78, 5) is 23.0. The second-order valence-electron chi connectivity index (χ2n) is 3.96. The topological polar surface area (TPSA) is 66.4 Å². The molecule has 0 aliphatic heterocycles. The molecule has 0 unspecified atom stereocenters. The van der Waals surface area contributed by atoms with Crippen LogP contribution in [0, 0.1) is 3.57 Å². The van der Waals surface area contributed by atoms with Crippen molar-refractivity contribution >= 4 is 56.1 Å². The Bertz CT molecular complexity index is 671. The summed E-state index contributed by atoms with van der Waals surface area (Å²) in [5.41, 5.74) is 1.06. The molecule has 0 aromatic heterocycles. The molecule has 0 saturated heterocycles. The predicted octanol–water partition coefficient (Wildman–Crippen LogP) is 4.00. The number of hydrogen-bond acceptors (Lipinski definition) is 2. The van der Waals surface area contributed by atoms with Crippen molar-refractivity contribution in [2.45, 2.75) is 0 Å². The standard InChI is InChI=1S/C14H9BrINO3/c15-12-6-5-10(7-11(12)14(19)20)17-13(18)8-1-3-9(16)4-2-8/h1-7H,(H,17,18)(H,19,20). The van der Waals surface area contributed by atoms with E-state index in [-0.39, 0.29) is 11.5 Å². The Labute approximate surface area is 137 Å². The minimum Gasteiger partial charge on any atom is -0.478 e. The third kappa shape index (κ3) is 3.57. The van der Waals surface area contributed by atoms with Gasteiger partial charge in [0.1, 0.15) is 0 Å². The average Bonchev–Trinajstić information content (AvgIpc) is 2.41. The molecule has 2 aromatic carbocycles. The van der Waals surface area contributed by atoms with Crippen LogP contribution in [0.5, 0.6) is 0 Å². The van der Waals surface area contributed by atoms with Gasteiger partial charge in [0.2, 0.25) is 0 Å². The Balaban J connectivity index is 2.21. The van der Waals surface area contributed by atoms with E-state index in [1.807, 2.05) is 12.1 Å². The van der Waals surface area contributed by atoms with Crippen LogP contribution in [0.15, 0.2) is 46.9 Å². The summed E-state index contributed by atoms with van der Waals surface area (Å²) in [7, 11) is 0. The molecule has 1 amide bonds. The maximum atomic E-state index is 12.0. The zero-order chi connectivity index (χ0) is 14.7. The fourth-order valence-electron chi connectivity index (χ4n) is 1.57. The Morgan fingerprint density at radius 2 is 1.75 bits per heavy atom. The van der Waals surface area contributed by atoms with Crippen LogP contribution in [0.25, 0.3) is 0 Å². The van der Waals surface area contributed by atoms with Crippen LogP contribution in [-0.2, 0) is 0 Å². The number of carboxylic acids is 1. The van der Waals surface area contributed by atoms with Gasteiger partial charge < -0.3 is 10.4 Å². The number of halogens is 2. The third-order valence-electron chi connectivity index (χ3n) is 2.56. The predicted molar refractivity (Wildman–Crippen MR) is 88.2 cm³/mol. The Morgan fingerprint density at radius 1 is 1.10 bits per heavy atom. The van der Waals surface area contributed by atoms with Crippen molar-refractivity contribution in [2.75, 3.05) is 5.32 Å². The van der Waals surface area contributed by atoms with E-state index in [0.29, 0.717) is 15.7 Å². The molecule has 0 heterocycles. The largest absolute Gasteiger partial charge is 0.478 e. The van der Waals surface area contributed by atoms with Crippen molar-refractivity contribution in [1.29, 1.82) is 0 Å². The molecule has 2 N–H and O–H groups in total. The van der Waals surface area contributed by atoms with Crippen molar-refractivity contribution in [1.82, 2.24) is 0 Å². The molecule has 20 heavy (non-hydrogen) atoms. The molecule has 0 fully saturated rings. The lowest BCUT2D eigenvalue weighted by Crippen LogP contribution is -2.12. The number of rotatable bonds is 3. The van der Waals surface area contributed by atoms with Gasteiger partial charge in [0, 0.05) is 19.3 Å². The maximum absolute atomic E-state index is 12.0. The zero-order valence-electron chi connectivity index (χ0n) is 10.1. The molecule has 4 nitrogen and oxygen atoms in total. The van der Waals surface area contributed by atoms with Gasteiger partial charge in [-0.25, -0.2) is 4.79 Å². The highest BCUT2D eigenvalue weighted by atomic mass is 127. The van der Waals surface area contributed by atoms with Crippen LogP contribution in [-0.4, -0.2) is 17.0 Å². The van der Waals surface area contributed by atoms with E-state index in [2.05, 4.69) is 43.8 Å². The van der Waals surface area contributed by atoms with E-state index < -0.39 is 5.97 Å². The number of aromatic carboxylic acids is 1. The quantitative estimate of drug-likeness (QED) is 0.701. The van der Waals surface area contributed by atoms with E-state index in [1.165, 1.54) is 6.07 Å². The van der Waals surface area contributed by atoms with E-state index >= 15 is 0 Å². The molecular formula is C14H9BrINO3. The second-order valence-corrected chi connectivity index (χ2v) is 6.06. The summed E-state index contributed by atoms with van der Waals surface area (Å²) in [5, 5.41) is 11.7. The highest BCUT2D eigenvalue weighted by Crippen LogP contribution is 2.21. The Kier molecular flexibility index (Phi) is 4.77. The number of carbonyl (C=O) groups excluding carboxylic acids is 1. The molecule has 0 aliphatic rings. The van der Waals surface area contributed by atoms with Gasteiger partial charge in [-0.15, -0.1) is 0 Å². The van der Waals surface area contributed by atoms with Gasteiger partial charge in [0.05, 0.1) is 5.56 Å². The number of carboxylic acid groups (broad SMARTS) is 1. The fraction of sp³-hybridized carbons (Fsp3) is 0. The van der Waals surface area contributed by atoms with E-state index in [4.69, 9.17) is 5.11 Å². The molecule has 0 spiro atoms. The lowest BCUT2D eigenvalue weighted by Gasteiger charge is -2.07. The van der Waals surface area contributed by atoms with Crippen LogP contribution in [0.4, 0.5) is 5.69 Å². The van der Waals surface area contributed by atoms with Gasteiger partial charge in [0.15, 0.2) is 0 Å². The summed E-state index contributed by atoms with van der Waals surface area (Å²) in [5.74, 6) is -1.33. The lowest BCUT2D eigenvalue weighted by atomic mass is 10.2. The average molecular weight is 446 g/mol. The normalized spacial score (nSPS) is 10.1. The Hall–Kier alpha value is -1.41. The molecule has 0 bridgehead atoms. The van der Waals surface area contributed by atoms with Crippen molar-refractivity contribution in [2.24, 2.45) is 0 Å². The first kappa shape index (κ1) is 15.0. The van der Waals surface area contributed by atoms with Crippen molar-refractivity contribution in [3.05, 3.63) is 61.6 Å². The van der Waals surface area contributed by atoms with Gasteiger partial charge in [-0.05, 0) is 81.0 Å². The summed E-state index contributed by atoms with van der Waals surface area (Å²) in [6, 6.07) is 11.7. The van der Waals surface area contributed by atoms with Crippen molar-refractivity contribution < 1.29 is 14.7 Å². The highest BCUT2D eigenvalue weighted by Gasteiger charge is 2.11. The van der Waals surface area contributed by atoms with Crippen LogP contribution >= 0.6 is 38.5 Å². The number of anilines is 1. The summed E-state index contributed by atoms with van der Waals surface area (Å²) in [6.45, 7) is 0. The summed E-state index contributed by atoms with van der Waals surface area (Å²) in [6.07, 6.45) is 0. The van der Waals surface area contributed by atoms with E-state index in [1.54, 1.807) is 24.3 Å². The first-order chi connectivity index (χ1) is 9.47. The maximum Gasteiger partial charge on any atom is 0.336 e. The minimum atomic E-state index is -1.05. The van der Waals surface area contributed by atoms with Gasteiger partial charge >= 0.3 is 5.97 Å². The van der Waals surface area contributed by atoms with E-state index in [9.17, 15) is 9.59 Å². The molecular weight excluding hydrogens is 437 g/mol. The first-order valence-corrected chi connectivity index (χ1v) is 7.44. The monoisotopic (exact) mass is 445 g/mol. The molecule has 0 radical (unpaired) electrons. The zero-order valence-corrected chi connectivity index (χ0v) is 13.8. The summed E-state index contributed by atoms with van der Waals surface area (Å²) < 4.78 is 1.51. The van der Waals surface area contributed by atoms with Gasteiger partial charge in [-0.2, -0.15) is 0 Å². The molecule has 102 valence electrons. The van der Waals surface area contributed by atoms with Crippen LogP contribution < -0.4 is 5.32 Å². The van der Waals surface area contributed by atoms with Crippen molar-refractivity contribution in [3.63, 3.8) is 0 Å². The second kappa shape index (κ2) is 6.36. The molecule has 0 atom stereocenters. The molecule has 2 aromatic rings. The van der Waals surface area contributed by atoms with Crippen molar-refractivity contribution in [3.8, 4) is 0 Å². The number of amides is 1. The fourth-order valence-corrected chi connectivity index (χ4v) is 2.35. The number of benzene rings is 2. The Morgan fingerprint density at radius 3 is 2.35 bits per heavy atom. The van der Waals surface area contributed by atoms with Crippen LogP contribution in [0.2, 0.25) is 0 Å². The SMILES string of the molecule is O=C(Nc1ccc(Br)c(C(=O)O)c1)c1ccc(I)cc1. The smallest absolute Gasteiger partial charge is 0.336 e. The van der Waals surface area contributed by atoms with Gasteiger partial charge in [-0.1, -0.05) is 0 Å². The number of nitrogens with one attached hydrogen (secondary N) is 1. The molecule has 6 heteroatoms. The number of hydrogen-bond donors (Lipinski definition) is 2. The molecule has 0 saturated carbocycles. The van der Waals surface area contributed by atoms with Crippen LogP contribution in [0.3, 0.4) is 0 Å². The summed E-state index contributed by atoms with van der Waals surface area (Å²) >= 11 is 5.31. The first-order valence-electron chi connectivity index (χ1n) is 5.57. The lowest BCUT2D eigenvalue weighted by molar-refractivity contribution is 0.0695. The highest BCUT2D eigenvalue weighted by molar-refractivity contribution is 14.1. The molecule has 2 rings (SSSR count). The third-order valence-corrected chi connectivity index (χ3v) is 3.97. The van der Waals surface area contributed by atoms with Gasteiger partial charge in [0.25, 0.3) is 5.91 Å². The number of carbonyl (C=O) groups is 2.